The minimum atomic E-state index is -4.37. The monoisotopic (exact) mass is 370 g/mol. The van der Waals surface area contributed by atoms with E-state index >= 15 is 0 Å². The van der Waals surface area contributed by atoms with E-state index in [-0.39, 0.29) is 5.91 Å². The first kappa shape index (κ1) is 16.5. The number of hydrogen-bond acceptors (Lipinski definition) is 6. The van der Waals surface area contributed by atoms with E-state index < -0.39 is 11.7 Å². The summed E-state index contributed by atoms with van der Waals surface area (Å²) in [4.78, 5) is 17.0. The van der Waals surface area contributed by atoms with Gasteiger partial charge in [0.15, 0.2) is 5.13 Å². The Balaban J connectivity index is 1.69. The maximum Gasteiger partial charge on any atom is 0.416 e. The Hall–Kier alpha value is -2.33. The van der Waals surface area contributed by atoms with Crippen molar-refractivity contribution in [3.05, 3.63) is 57.5 Å². The average molecular weight is 370 g/mol. The summed E-state index contributed by atoms with van der Waals surface area (Å²) in [7, 11) is 0. The second-order valence-corrected chi connectivity index (χ2v) is 6.64. The minimum absolute atomic E-state index is 0.305. The molecule has 0 saturated carbocycles. The SMILES string of the molecule is O=C(Nc1ncc(Cc2cccc(C(F)(F)F)c2)s1)c1cnns1. The third kappa shape index (κ3) is 3.95. The summed E-state index contributed by atoms with van der Waals surface area (Å²) >= 11 is 2.17. The number of hydrogen-bond donors (Lipinski definition) is 1. The summed E-state index contributed by atoms with van der Waals surface area (Å²) in [5, 5.41) is 6.55. The fourth-order valence-electron chi connectivity index (χ4n) is 1.93. The van der Waals surface area contributed by atoms with E-state index in [0.29, 0.717) is 22.0 Å². The molecule has 124 valence electrons. The lowest BCUT2D eigenvalue weighted by molar-refractivity contribution is -0.137. The molecule has 3 rings (SSSR count). The number of rotatable bonds is 4. The zero-order valence-electron chi connectivity index (χ0n) is 11.9. The van der Waals surface area contributed by atoms with Gasteiger partial charge in [-0.1, -0.05) is 22.7 Å². The van der Waals surface area contributed by atoms with E-state index in [1.807, 2.05) is 0 Å². The Morgan fingerprint density at radius 2 is 2.08 bits per heavy atom. The zero-order valence-corrected chi connectivity index (χ0v) is 13.5. The van der Waals surface area contributed by atoms with E-state index in [0.717, 1.165) is 28.5 Å². The maximum absolute atomic E-state index is 12.7. The van der Waals surface area contributed by atoms with Gasteiger partial charge in [0.1, 0.15) is 4.88 Å². The van der Waals surface area contributed by atoms with Crippen molar-refractivity contribution in [3.8, 4) is 0 Å². The fraction of sp³-hybridized carbons (Fsp3) is 0.143. The number of thiazole rings is 1. The van der Waals surface area contributed by atoms with Crippen LogP contribution in [0.2, 0.25) is 0 Å². The number of alkyl halides is 3. The fourth-order valence-corrected chi connectivity index (χ4v) is 3.18. The van der Waals surface area contributed by atoms with E-state index in [1.54, 1.807) is 6.07 Å². The van der Waals surface area contributed by atoms with Crippen molar-refractivity contribution in [3.63, 3.8) is 0 Å². The predicted octanol–water partition coefficient (Wildman–Crippen LogP) is 3.86. The van der Waals surface area contributed by atoms with Crippen molar-refractivity contribution < 1.29 is 18.0 Å². The lowest BCUT2D eigenvalue weighted by atomic mass is 10.1. The second-order valence-electron chi connectivity index (χ2n) is 4.74. The van der Waals surface area contributed by atoms with Gasteiger partial charge in [-0.25, -0.2) is 4.98 Å². The van der Waals surface area contributed by atoms with Gasteiger partial charge in [0, 0.05) is 17.5 Å². The first-order valence-electron chi connectivity index (χ1n) is 6.61. The lowest BCUT2D eigenvalue weighted by Crippen LogP contribution is -2.09. The number of benzene rings is 1. The molecular weight excluding hydrogens is 361 g/mol. The van der Waals surface area contributed by atoms with Crippen molar-refractivity contribution in [2.24, 2.45) is 0 Å². The lowest BCUT2D eigenvalue weighted by Gasteiger charge is -2.07. The molecule has 0 fully saturated rings. The molecule has 0 spiro atoms. The number of anilines is 1. The Labute approximate surface area is 142 Å². The molecule has 0 saturated heterocycles. The summed E-state index contributed by atoms with van der Waals surface area (Å²) in [5.74, 6) is -0.370. The molecule has 0 aliphatic rings. The summed E-state index contributed by atoms with van der Waals surface area (Å²) in [6, 6.07) is 5.14. The number of amides is 1. The number of nitrogens with zero attached hydrogens (tertiary/aromatic N) is 3. The van der Waals surface area contributed by atoms with Crippen LogP contribution in [0.4, 0.5) is 18.3 Å². The van der Waals surface area contributed by atoms with Gasteiger partial charge in [-0.3, -0.25) is 10.1 Å². The summed E-state index contributed by atoms with van der Waals surface area (Å²) < 4.78 is 41.8. The van der Waals surface area contributed by atoms with Crippen LogP contribution in [-0.4, -0.2) is 20.5 Å². The van der Waals surface area contributed by atoms with Crippen molar-refractivity contribution in [1.29, 1.82) is 0 Å². The molecule has 24 heavy (non-hydrogen) atoms. The van der Waals surface area contributed by atoms with Crippen LogP contribution in [-0.2, 0) is 12.6 Å². The van der Waals surface area contributed by atoms with Gasteiger partial charge in [-0.05, 0) is 23.2 Å². The van der Waals surface area contributed by atoms with Crippen LogP contribution in [0.5, 0.6) is 0 Å². The highest BCUT2D eigenvalue weighted by atomic mass is 32.1. The van der Waals surface area contributed by atoms with Gasteiger partial charge in [-0.2, -0.15) is 13.2 Å². The first-order chi connectivity index (χ1) is 11.4. The van der Waals surface area contributed by atoms with Crippen molar-refractivity contribution in [1.82, 2.24) is 14.6 Å². The minimum Gasteiger partial charge on any atom is -0.297 e. The molecular formula is C14H9F3N4OS2. The Bertz CT molecular complexity index is 846. The van der Waals surface area contributed by atoms with Gasteiger partial charge in [-0.15, -0.1) is 16.4 Å². The molecule has 2 aromatic heterocycles. The summed E-state index contributed by atoms with van der Waals surface area (Å²) in [6.07, 6.45) is -1.19. The van der Waals surface area contributed by atoms with Crippen molar-refractivity contribution >= 4 is 33.9 Å². The number of nitrogens with one attached hydrogen (secondary N) is 1. The van der Waals surface area contributed by atoms with Gasteiger partial charge >= 0.3 is 6.18 Å². The number of carbonyl (C=O) groups is 1. The van der Waals surface area contributed by atoms with Crippen molar-refractivity contribution in [2.45, 2.75) is 12.6 Å². The molecule has 2 heterocycles. The highest BCUT2D eigenvalue weighted by Gasteiger charge is 2.30. The van der Waals surface area contributed by atoms with Crippen LogP contribution in [0.1, 0.15) is 25.7 Å². The van der Waals surface area contributed by atoms with E-state index in [2.05, 4.69) is 19.9 Å². The van der Waals surface area contributed by atoms with Crippen molar-refractivity contribution in [2.75, 3.05) is 5.32 Å². The Morgan fingerprint density at radius 3 is 2.79 bits per heavy atom. The van der Waals surface area contributed by atoms with Crippen LogP contribution in [0, 0.1) is 0 Å². The first-order valence-corrected chi connectivity index (χ1v) is 8.20. The Kier molecular flexibility index (Phi) is 4.58. The predicted molar refractivity (Wildman–Crippen MR) is 84.2 cm³/mol. The van der Waals surface area contributed by atoms with Gasteiger partial charge < -0.3 is 0 Å². The highest BCUT2D eigenvalue weighted by Crippen LogP contribution is 2.30. The molecule has 0 bridgehead atoms. The van der Waals surface area contributed by atoms with Gasteiger partial charge in [0.25, 0.3) is 5.91 Å². The molecule has 0 radical (unpaired) electrons. The molecule has 10 heteroatoms. The molecule has 1 aromatic carbocycles. The van der Waals surface area contributed by atoms with Gasteiger partial charge in [0.2, 0.25) is 0 Å². The summed E-state index contributed by atoms with van der Waals surface area (Å²) in [5.41, 5.74) is -0.159. The smallest absolute Gasteiger partial charge is 0.297 e. The van der Waals surface area contributed by atoms with E-state index in [1.165, 1.54) is 29.8 Å². The second kappa shape index (κ2) is 6.65. The highest BCUT2D eigenvalue weighted by molar-refractivity contribution is 7.16. The van der Waals surface area contributed by atoms with Crippen LogP contribution in [0.3, 0.4) is 0 Å². The number of halogens is 3. The molecule has 3 aromatic rings. The summed E-state index contributed by atoms with van der Waals surface area (Å²) in [6.45, 7) is 0. The third-order valence-electron chi connectivity index (χ3n) is 2.99. The maximum atomic E-state index is 12.7. The quantitative estimate of drug-likeness (QED) is 0.757. The van der Waals surface area contributed by atoms with Crippen LogP contribution in [0.25, 0.3) is 0 Å². The van der Waals surface area contributed by atoms with Crippen LogP contribution < -0.4 is 5.32 Å². The Morgan fingerprint density at radius 1 is 1.25 bits per heavy atom. The zero-order chi connectivity index (χ0) is 17.2. The topological polar surface area (TPSA) is 67.8 Å². The standard InChI is InChI=1S/C14H9F3N4OS2/c15-14(16,17)9-3-1-2-8(4-9)5-10-6-18-13(23-10)20-12(22)11-7-19-21-24-11/h1-4,6-7H,5H2,(H,18,20,22). The average Bonchev–Trinajstić information content (AvgIpc) is 3.18. The molecule has 1 N–H and O–H groups in total. The van der Waals surface area contributed by atoms with E-state index in [4.69, 9.17) is 0 Å². The third-order valence-corrected chi connectivity index (χ3v) is 4.57. The molecule has 0 unspecified atom stereocenters. The van der Waals surface area contributed by atoms with Gasteiger partial charge in [0.05, 0.1) is 11.8 Å². The van der Waals surface area contributed by atoms with Crippen LogP contribution in [0.15, 0.2) is 36.7 Å². The van der Waals surface area contributed by atoms with E-state index in [9.17, 15) is 18.0 Å². The molecule has 0 atom stereocenters. The molecule has 1 amide bonds. The molecule has 5 nitrogen and oxygen atoms in total. The van der Waals surface area contributed by atoms with Crippen LogP contribution >= 0.6 is 22.9 Å². The number of carbonyl (C=O) groups excluding carboxylic acids is 1. The molecule has 0 aliphatic carbocycles. The number of aromatic nitrogens is 3. The largest absolute Gasteiger partial charge is 0.416 e. The normalized spacial score (nSPS) is 11.5. The molecule has 0 aliphatic heterocycles.